The van der Waals surface area contributed by atoms with Gasteiger partial charge < -0.3 is 15.8 Å². The zero-order valence-corrected chi connectivity index (χ0v) is 7.38. The van der Waals surface area contributed by atoms with E-state index in [1.807, 2.05) is 0 Å². The van der Waals surface area contributed by atoms with Gasteiger partial charge in [0.05, 0.1) is 6.61 Å². The second-order valence-electron chi connectivity index (χ2n) is 3.04. The number of nitrogens with two attached hydrogens (primary N) is 1. The van der Waals surface area contributed by atoms with Gasteiger partial charge in [0.25, 0.3) is 0 Å². The molecule has 1 aliphatic rings. The highest BCUT2D eigenvalue weighted by molar-refractivity contribution is 5.67. The lowest BCUT2D eigenvalue weighted by molar-refractivity contribution is 0.147. The third-order valence-electron chi connectivity index (χ3n) is 2.02. The first-order valence-electron chi connectivity index (χ1n) is 4.41. The predicted molar refractivity (Wildman–Crippen MR) is 45.7 cm³/mol. The molecule has 1 amide bonds. The van der Waals surface area contributed by atoms with Crippen molar-refractivity contribution in [1.82, 2.24) is 5.32 Å². The fourth-order valence-corrected chi connectivity index (χ4v) is 1.19. The highest BCUT2D eigenvalue weighted by Crippen LogP contribution is 2.32. The molecule has 0 aromatic heterocycles. The summed E-state index contributed by atoms with van der Waals surface area (Å²) in [6, 6.07) is 0.115. The predicted octanol–water partition coefficient (Wildman–Crippen LogP) is 0.470. The van der Waals surface area contributed by atoms with Gasteiger partial charge in [-0.3, -0.25) is 0 Å². The van der Waals surface area contributed by atoms with Gasteiger partial charge in [-0.15, -0.1) is 0 Å². The maximum atomic E-state index is 11.0. The molecule has 12 heavy (non-hydrogen) atoms. The number of carbonyl (C=O) groups is 1. The molecule has 0 bridgehead atoms. The summed E-state index contributed by atoms with van der Waals surface area (Å²) in [5.41, 5.74) is 5.49. The minimum atomic E-state index is -0.347. The molecule has 0 aliphatic heterocycles. The van der Waals surface area contributed by atoms with Gasteiger partial charge in [0.1, 0.15) is 0 Å². The molecule has 0 spiro atoms. The maximum Gasteiger partial charge on any atom is 0.407 e. The quantitative estimate of drug-likeness (QED) is 0.648. The fourth-order valence-electron chi connectivity index (χ4n) is 1.19. The van der Waals surface area contributed by atoms with Gasteiger partial charge in [-0.2, -0.15) is 0 Å². The molecule has 0 aromatic carbocycles. The molecule has 0 radical (unpaired) electrons. The Morgan fingerprint density at radius 1 is 1.75 bits per heavy atom. The van der Waals surface area contributed by atoms with Gasteiger partial charge in [0, 0.05) is 12.6 Å². The van der Waals surface area contributed by atoms with Crippen LogP contribution >= 0.6 is 0 Å². The molecule has 0 aromatic rings. The Balaban J connectivity index is 2.21. The molecule has 70 valence electrons. The van der Waals surface area contributed by atoms with Crippen molar-refractivity contribution in [3.05, 3.63) is 0 Å². The van der Waals surface area contributed by atoms with Crippen LogP contribution in [0.5, 0.6) is 0 Å². The monoisotopic (exact) mass is 172 g/mol. The van der Waals surface area contributed by atoms with Crippen molar-refractivity contribution in [2.45, 2.75) is 25.8 Å². The van der Waals surface area contributed by atoms with Crippen molar-refractivity contribution >= 4 is 6.09 Å². The second kappa shape index (κ2) is 4.30. The molecular weight excluding hydrogens is 156 g/mol. The normalized spacial score (nSPS) is 18.5. The Bertz CT molecular complexity index is 157. The molecule has 1 fully saturated rings. The third-order valence-corrected chi connectivity index (χ3v) is 2.02. The second-order valence-corrected chi connectivity index (χ2v) is 3.04. The van der Waals surface area contributed by atoms with Crippen LogP contribution in [0.3, 0.4) is 0 Å². The molecule has 0 unspecified atom stereocenters. The van der Waals surface area contributed by atoms with Crippen LogP contribution in [0, 0.1) is 5.92 Å². The highest BCUT2D eigenvalue weighted by Gasteiger charge is 2.31. The standard InChI is InChI=1S/C8H16N2O2/c1-2-12-8(11)10-7(5-9)6-3-4-6/h6-7H,2-5,9H2,1H3,(H,10,11)/t7-/m1/s1. The third kappa shape index (κ3) is 2.70. The zero-order valence-electron chi connectivity index (χ0n) is 7.38. The summed E-state index contributed by atoms with van der Waals surface area (Å²) in [6.07, 6.45) is 2.00. The number of nitrogens with one attached hydrogen (secondary N) is 1. The van der Waals surface area contributed by atoms with Crippen molar-refractivity contribution < 1.29 is 9.53 Å². The average Bonchev–Trinajstić information content (AvgIpc) is 2.83. The molecule has 1 atom stereocenters. The summed E-state index contributed by atoms with van der Waals surface area (Å²) in [7, 11) is 0. The Morgan fingerprint density at radius 3 is 2.83 bits per heavy atom. The van der Waals surface area contributed by atoms with Crippen LogP contribution in [-0.4, -0.2) is 25.3 Å². The molecule has 1 saturated carbocycles. The molecule has 4 nitrogen and oxygen atoms in total. The number of alkyl carbamates (subject to hydrolysis) is 1. The number of hydrogen-bond acceptors (Lipinski definition) is 3. The van der Waals surface area contributed by atoms with Crippen LogP contribution in [0.15, 0.2) is 0 Å². The number of carbonyl (C=O) groups excluding carboxylic acids is 1. The number of amides is 1. The number of rotatable bonds is 4. The Hall–Kier alpha value is -0.770. The van der Waals surface area contributed by atoms with Crippen molar-refractivity contribution in [2.24, 2.45) is 11.7 Å². The summed E-state index contributed by atoms with van der Waals surface area (Å²) >= 11 is 0. The van der Waals surface area contributed by atoms with Gasteiger partial charge in [0.2, 0.25) is 0 Å². The van der Waals surface area contributed by atoms with E-state index >= 15 is 0 Å². The Kier molecular flexibility index (Phi) is 3.34. The van der Waals surface area contributed by atoms with Crippen LogP contribution in [0.25, 0.3) is 0 Å². The van der Waals surface area contributed by atoms with E-state index in [-0.39, 0.29) is 12.1 Å². The molecule has 0 heterocycles. The van der Waals surface area contributed by atoms with Crippen LogP contribution < -0.4 is 11.1 Å². The van der Waals surface area contributed by atoms with Crippen molar-refractivity contribution in [2.75, 3.05) is 13.2 Å². The van der Waals surface area contributed by atoms with Crippen molar-refractivity contribution in [3.63, 3.8) is 0 Å². The first-order valence-corrected chi connectivity index (χ1v) is 4.41. The van der Waals surface area contributed by atoms with Crippen molar-refractivity contribution in [3.8, 4) is 0 Å². The Labute approximate surface area is 72.5 Å². The van der Waals surface area contributed by atoms with E-state index in [0.717, 1.165) is 0 Å². The smallest absolute Gasteiger partial charge is 0.407 e. The first-order chi connectivity index (χ1) is 5.77. The zero-order chi connectivity index (χ0) is 8.97. The molecule has 0 saturated heterocycles. The average molecular weight is 172 g/mol. The fraction of sp³-hybridized carbons (Fsp3) is 0.875. The highest BCUT2D eigenvalue weighted by atomic mass is 16.5. The summed E-state index contributed by atoms with van der Waals surface area (Å²) in [5, 5.41) is 2.74. The van der Waals surface area contributed by atoms with E-state index in [1.165, 1.54) is 12.8 Å². The van der Waals surface area contributed by atoms with E-state index in [9.17, 15) is 4.79 Å². The molecule has 4 heteroatoms. The maximum absolute atomic E-state index is 11.0. The van der Waals surface area contributed by atoms with Gasteiger partial charge in [-0.25, -0.2) is 4.79 Å². The van der Waals surface area contributed by atoms with Crippen LogP contribution in [0.2, 0.25) is 0 Å². The lowest BCUT2D eigenvalue weighted by atomic mass is 10.2. The van der Waals surface area contributed by atoms with E-state index in [1.54, 1.807) is 6.92 Å². The topological polar surface area (TPSA) is 64.3 Å². The largest absolute Gasteiger partial charge is 0.450 e. The van der Waals surface area contributed by atoms with Gasteiger partial charge in [0.15, 0.2) is 0 Å². The number of hydrogen-bond donors (Lipinski definition) is 2. The minimum absolute atomic E-state index is 0.115. The molecule has 1 rings (SSSR count). The van der Waals surface area contributed by atoms with E-state index in [4.69, 9.17) is 10.5 Å². The SMILES string of the molecule is CCOC(=O)N[C@H](CN)C1CC1. The van der Waals surface area contributed by atoms with Gasteiger partial charge >= 0.3 is 6.09 Å². The lowest BCUT2D eigenvalue weighted by Gasteiger charge is -2.14. The van der Waals surface area contributed by atoms with Gasteiger partial charge in [-0.1, -0.05) is 0 Å². The summed E-state index contributed by atoms with van der Waals surface area (Å²) in [4.78, 5) is 11.0. The molecule has 3 N–H and O–H groups in total. The lowest BCUT2D eigenvalue weighted by Crippen LogP contribution is -2.41. The molecular formula is C8H16N2O2. The number of ether oxygens (including phenoxy) is 1. The first kappa shape index (κ1) is 9.32. The summed E-state index contributed by atoms with van der Waals surface area (Å²) in [5.74, 6) is 0.583. The van der Waals surface area contributed by atoms with Crippen LogP contribution in [0.1, 0.15) is 19.8 Å². The van der Waals surface area contributed by atoms with E-state index in [2.05, 4.69) is 5.32 Å². The summed E-state index contributed by atoms with van der Waals surface area (Å²) in [6.45, 7) is 2.70. The van der Waals surface area contributed by atoms with Gasteiger partial charge in [-0.05, 0) is 25.7 Å². The van der Waals surface area contributed by atoms with Crippen molar-refractivity contribution in [1.29, 1.82) is 0 Å². The molecule has 1 aliphatic carbocycles. The summed E-state index contributed by atoms with van der Waals surface area (Å²) < 4.78 is 4.75. The minimum Gasteiger partial charge on any atom is -0.450 e. The van der Waals surface area contributed by atoms with Crippen LogP contribution in [-0.2, 0) is 4.74 Å². The Morgan fingerprint density at radius 2 is 2.42 bits per heavy atom. The van der Waals surface area contributed by atoms with E-state index < -0.39 is 0 Å². The van der Waals surface area contributed by atoms with Crippen LogP contribution in [0.4, 0.5) is 4.79 Å². The van der Waals surface area contributed by atoms with E-state index in [0.29, 0.717) is 19.1 Å².